The lowest BCUT2D eigenvalue weighted by molar-refractivity contribution is 0.175. The van der Waals surface area contributed by atoms with Gasteiger partial charge >= 0.3 is 0 Å². The van der Waals surface area contributed by atoms with Crippen LogP contribution in [0.4, 0.5) is 5.95 Å². The Balaban J connectivity index is 1.81. The molecule has 0 N–H and O–H groups in total. The van der Waals surface area contributed by atoms with E-state index >= 15 is 0 Å². The van der Waals surface area contributed by atoms with E-state index < -0.39 is 0 Å². The van der Waals surface area contributed by atoms with Gasteiger partial charge in [-0.3, -0.25) is 4.57 Å². The molecule has 1 aromatic carbocycles. The normalized spacial score (nSPS) is 22.0. The molecule has 2 heterocycles. The van der Waals surface area contributed by atoms with E-state index in [2.05, 4.69) is 52.4 Å². The lowest BCUT2D eigenvalue weighted by atomic mass is 9.82. The molecule has 5 nitrogen and oxygen atoms in total. The number of methoxy groups -OCH3 is 1. The molecule has 112 valence electrons. The van der Waals surface area contributed by atoms with Gasteiger partial charge in [-0.1, -0.05) is 37.3 Å². The Morgan fingerprint density at radius 3 is 2.71 bits per heavy atom. The third-order valence-electron chi connectivity index (χ3n) is 4.44. The van der Waals surface area contributed by atoms with Crippen LogP contribution in [-0.4, -0.2) is 35.0 Å². The first-order valence-electron chi connectivity index (χ1n) is 7.32. The van der Waals surface area contributed by atoms with Gasteiger partial charge in [0.15, 0.2) is 5.82 Å². The van der Waals surface area contributed by atoms with Gasteiger partial charge < -0.3 is 9.64 Å². The molecule has 1 atom stereocenters. The Labute approximate surface area is 125 Å². The van der Waals surface area contributed by atoms with Crippen molar-refractivity contribution in [2.45, 2.75) is 25.4 Å². The summed E-state index contributed by atoms with van der Waals surface area (Å²) in [5.41, 5.74) is 1.57. The number of rotatable bonds is 4. The Morgan fingerprint density at radius 1 is 1.24 bits per heavy atom. The van der Waals surface area contributed by atoms with Crippen LogP contribution < -0.4 is 4.90 Å². The van der Waals surface area contributed by atoms with Crippen LogP contribution in [-0.2, 0) is 23.8 Å². The number of benzene rings is 1. The molecule has 3 rings (SSSR count). The highest BCUT2D eigenvalue weighted by atomic mass is 16.5. The zero-order chi connectivity index (χ0) is 14.9. The topological polar surface area (TPSA) is 43.2 Å². The molecule has 0 radical (unpaired) electrons. The Kier molecular flexibility index (Phi) is 3.68. The van der Waals surface area contributed by atoms with Gasteiger partial charge in [0.25, 0.3) is 0 Å². The molecular weight excluding hydrogens is 264 g/mol. The van der Waals surface area contributed by atoms with Crippen molar-refractivity contribution in [3.63, 3.8) is 0 Å². The molecule has 5 heteroatoms. The quantitative estimate of drug-likeness (QED) is 0.863. The minimum absolute atomic E-state index is 0.175. The summed E-state index contributed by atoms with van der Waals surface area (Å²) < 4.78 is 7.18. The van der Waals surface area contributed by atoms with Gasteiger partial charge in [-0.15, -0.1) is 10.2 Å². The Hall–Kier alpha value is -1.88. The summed E-state index contributed by atoms with van der Waals surface area (Å²) in [7, 11) is 3.68. The summed E-state index contributed by atoms with van der Waals surface area (Å²) >= 11 is 0. The van der Waals surface area contributed by atoms with Crippen molar-refractivity contribution < 1.29 is 4.74 Å². The van der Waals surface area contributed by atoms with E-state index in [1.165, 1.54) is 5.56 Å². The highest BCUT2D eigenvalue weighted by Gasteiger charge is 2.37. The second kappa shape index (κ2) is 5.48. The summed E-state index contributed by atoms with van der Waals surface area (Å²) in [6.07, 6.45) is 1.13. The van der Waals surface area contributed by atoms with E-state index in [1.54, 1.807) is 7.11 Å². The SMILES string of the molecule is COCc1nnc(N2CCC(C)(c3ccccc3)C2)n1C. The maximum atomic E-state index is 5.15. The monoisotopic (exact) mass is 286 g/mol. The van der Waals surface area contributed by atoms with Gasteiger partial charge in [0.1, 0.15) is 6.61 Å². The first-order valence-corrected chi connectivity index (χ1v) is 7.32. The van der Waals surface area contributed by atoms with Crippen LogP contribution >= 0.6 is 0 Å². The largest absolute Gasteiger partial charge is 0.377 e. The standard InChI is InChI=1S/C16H22N4O/c1-16(13-7-5-4-6-8-13)9-10-20(12-16)15-18-17-14(11-21-3)19(15)2/h4-8H,9-12H2,1-3H3. The molecule has 0 aliphatic carbocycles. The van der Waals surface area contributed by atoms with Gasteiger partial charge in [0.05, 0.1) is 0 Å². The first-order chi connectivity index (χ1) is 10.1. The molecule has 21 heavy (non-hydrogen) atoms. The summed E-state index contributed by atoms with van der Waals surface area (Å²) in [4.78, 5) is 2.32. The van der Waals surface area contributed by atoms with Crippen LogP contribution in [0.1, 0.15) is 24.7 Å². The Bertz CT molecular complexity index is 610. The van der Waals surface area contributed by atoms with Crippen molar-refractivity contribution in [2.75, 3.05) is 25.1 Å². The van der Waals surface area contributed by atoms with Gasteiger partial charge in [0.2, 0.25) is 5.95 Å². The fraction of sp³-hybridized carbons (Fsp3) is 0.500. The van der Waals surface area contributed by atoms with E-state index in [4.69, 9.17) is 4.74 Å². The second-order valence-corrected chi connectivity index (χ2v) is 6.01. The molecule has 0 bridgehead atoms. The highest BCUT2D eigenvalue weighted by Crippen LogP contribution is 2.35. The smallest absolute Gasteiger partial charge is 0.227 e. The Morgan fingerprint density at radius 2 is 2.00 bits per heavy atom. The molecule has 2 aromatic rings. The number of aromatic nitrogens is 3. The van der Waals surface area contributed by atoms with Crippen molar-refractivity contribution in [1.29, 1.82) is 0 Å². The predicted octanol–water partition coefficient (Wildman–Crippen LogP) is 2.13. The average molecular weight is 286 g/mol. The van der Waals surface area contributed by atoms with Crippen LogP contribution in [0.3, 0.4) is 0 Å². The number of hydrogen-bond acceptors (Lipinski definition) is 4. The number of nitrogens with zero attached hydrogens (tertiary/aromatic N) is 4. The molecule has 0 saturated carbocycles. The molecule has 1 saturated heterocycles. The predicted molar refractivity (Wildman–Crippen MR) is 82.3 cm³/mol. The molecule has 0 amide bonds. The molecule has 1 aromatic heterocycles. The molecule has 1 fully saturated rings. The van der Waals surface area contributed by atoms with Gasteiger partial charge in [-0.2, -0.15) is 0 Å². The summed E-state index contributed by atoms with van der Waals surface area (Å²) in [5.74, 6) is 1.79. The molecule has 1 aliphatic heterocycles. The van der Waals surface area contributed by atoms with E-state index in [0.717, 1.165) is 31.3 Å². The van der Waals surface area contributed by atoms with Gasteiger partial charge in [-0.05, 0) is 12.0 Å². The van der Waals surface area contributed by atoms with Gasteiger partial charge in [0, 0.05) is 32.7 Å². The third-order valence-corrected chi connectivity index (χ3v) is 4.44. The maximum Gasteiger partial charge on any atom is 0.227 e. The van der Waals surface area contributed by atoms with E-state index in [0.29, 0.717) is 6.61 Å². The molecule has 0 spiro atoms. The maximum absolute atomic E-state index is 5.15. The van der Waals surface area contributed by atoms with Crippen LogP contribution in [0, 0.1) is 0 Å². The molecular formula is C16H22N4O. The zero-order valence-corrected chi connectivity index (χ0v) is 12.9. The van der Waals surface area contributed by atoms with E-state index in [9.17, 15) is 0 Å². The fourth-order valence-corrected chi connectivity index (χ4v) is 3.09. The lowest BCUT2D eigenvalue weighted by Crippen LogP contribution is -2.29. The first kappa shape index (κ1) is 14.1. The van der Waals surface area contributed by atoms with Crippen molar-refractivity contribution >= 4 is 5.95 Å². The van der Waals surface area contributed by atoms with Crippen LogP contribution in [0.2, 0.25) is 0 Å². The van der Waals surface area contributed by atoms with Gasteiger partial charge in [-0.25, -0.2) is 0 Å². The number of hydrogen-bond donors (Lipinski definition) is 0. The summed E-state index contributed by atoms with van der Waals surface area (Å²) in [6, 6.07) is 10.7. The minimum Gasteiger partial charge on any atom is -0.377 e. The highest BCUT2D eigenvalue weighted by molar-refractivity contribution is 5.39. The summed E-state index contributed by atoms with van der Waals surface area (Å²) in [5, 5.41) is 8.55. The van der Waals surface area contributed by atoms with Crippen molar-refractivity contribution in [3.05, 3.63) is 41.7 Å². The lowest BCUT2D eigenvalue weighted by Gasteiger charge is -2.25. The molecule has 1 unspecified atom stereocenters. The summed E-state index contributed by atoms with van der Waals surface area (Å²) in [6.45, 7) is 4.79. The van der Waals surface area contributed by atoms with Crippen LogP contribution in [0.25, 0.3) is 0 Å². The van der Waals surface area contributed by atoms with Crippen molar-refractivity contribution in [3.8, 4) is 0 Å². The number of ether oxygens (including phenoxy) is 1. The second-order valence-electron chi connectivity index (χ2n) is 6.01. The minimum atomic E-state index is 0.175. The van der Waals surface area contributed by atoms with Crippen molar-refractivity contribution in [2.24, 2.45) is 7.05 Å². The van der Waals surface area contributed by atoms with E-state index in [1.807, 2.05) is 11.6 Å². The van der Waals surface area contributed by atoms with Crippen LogP contribution in [0.5, 0.6) is 0 Å². The van der Waals surface area contributed by atoms with Crippen molar-refractivity contribution in [1.82, 2.24) is 14.8 Å². The van der Waals surface area contributed by atoms with Crippen LogP contribution in [0.15, 0.2) is 30.3 Å². The zero-order valence-electron chi connectivity index (χ0n) is 12.9. The average Bonchev–Trinajstić information content (AvgIpc) is 3.06. The number of anilines is 1. The van der Waals surface area contributed by atoms with E-state index in [-0.39, 0.29) is 5.41 Å². The molecule has 1 aliphatic rings. The third kappa shape index (κ3) is 2.53. The fourth-order valence-electron chi connectivity index (χ4n) is 3.09.